The van der Waals surface area contributed by atoms with Gasteiger partial charge in [0.25, 0.3) is 0 Å². The number of hydrogen-bond acceptors (Lipinski definition) is 7. The minimum atomic E-state index is -1.05. The van der Waals surface area contributed by atoms with Crippen molar-refractivity contribution in [1.29, 1.82) is 0 Å². The first kappa shape index (κ1) is 22.3. The minimum absolute atomic E-state index is 0.222. The molecule has 0 saturated heterocycles. The van der Waals surface area contributed by atoms with Gasteiger partial charge in [0.15, 0.2) is 12.2 Å². The maximum Gasteiger partial charge on any atom is 0.336 e. The summed E-state index contributed by atoms with van der Waals surface area (Å²) in [5, 5.41) is 0.625. The van der Waals surface area contributed by atoms with Crippen LogP contribution in [0.3, 0.4) is 0 Å². The largest absolute Gasteiger partial charge is 0.483 e. The first-order valence-corrected chi connectivity index (χ1v) is 10.0. The molecule has 2 atom stereocenters. The predicted molar refractivity (Wildman–Crippen MR) is 115 cm³/mol. The van der Waals surface area contributed by atoms with Gasteiger partial charge in [-0.15, -0.1) is 0 Å². The molecule has 1 aliphatic heterocycles. The van der Waals surface area contributed by atoms with Gasteiger partial charge in [0.2, 0.25) is 0 Å². The summed E-state index contributed by atoms with van der Waals surface area (Å²) in [6, 6.07) is 6.39. The Kier molecular flexibility index (Phi) is 6.06. The topological polar surface area (TPSA) is 92.0 Å². The molecule has 7 nitrogen and oxygen atoms in total. The molecule has 0 radical (unpaired) electrons. The standard InChI is InChI=1S/C24H26O7/c1-7-13(3)22(26)29-20-18-16(11-9-15-10-12-17(25)28-19(15)18)31-24(5,6)21(20)30-23(27)14(4)8-2/h7-12,20-21H,1-6H3/b13-7-,14-8+/t20-,21-/m0/s1. The second kappa shape index (κ2) is 8.41. The summed E-state index contributed by atoms with van der Waals surface area (Å²) in [5.74, 6) is -0.744. The van der Waals surface area contributed by atoms with Crippen molar-refractivity contribution >= 4 is 22.9 Å². The number of esters is 2. The second-order valence-corrected chi connectivity index (χ2v) is 7.95. The maximum absolute atomic E-state index is 12.7. The molecule has 0 bridgehead atoms. The highest BCUT2D eigenvalue weighted by atomic mass is 16.6. The number of allylic oxidation sites excluding steroid dienone is 2. The van der Waals surface area contributed by atoms with E-state index in [-0.39, 0.29) is 5.58 Å². The van der Waals surface area contributed by atoms with Gasteiger partial charge in [0.05, 0.1) is 5.56 Å². The van der Waals surface area contributed by atoms with Crippen molar-refractivity contribution in [1.82, 2.24) is 0 Å². The zero-order chi connectivity index (χ0) is 22.9. The van der Waals surface area contributed by atoms with E-state index < -0.39 is 35.4 Å². The van der Waals surface area contributed by atoms with Gasteiger partial charge in [0.1, 0.15) is 16.9 Å². The molecule has 1 aliphatic rings. The summed E-state index contributed by atoms with van der Waals surface area (Å²) >= 11 is 0. The fourth-order valence-electron chi connectivity index (χ4n) is 3.33. The molecule has 1 aromatic heterocycles. The third kappa shape index (κ3) is 4.26. The van der Waals surface area contributed by atoms with Crippen molar-refractivity contribution in [3.05, 3.63) is 63.5 Å². The van der Waals surface area contributed by atoms with Crippen molar-refractivity contribution in [2.24, 2.45) is 0 Å². The monoisotopic (exact) mass is 426 g/mol. The van der Waals surface area contributed by atoms with Gasteiger partial charge in [0, 0.05) is 22.6 Å². The highest BCUT2D eigenvalue weighted by Crippen LogP contribution is 2.46. The van der Waals surface area contributed by atoms with Crippen LogP contribution in [-0.4, -0.2) is 23.6 Å². The summed E-state index contributed by atoms with van der Waals surface area (Å²) in [4.78, 5) is 37.3. The van der Waals surface area contributed by atoms with Gasteiger partial charge < -0.3 is 18.6 Å². The molecule has 0 amide bonds. The van der Waals surface area contributed by atoms with Crippen LogP contribution < -0.4 is 10.4 Å². The summed E-state index contributed by atoms with van der Waals surface area (Å²) in [6.07, 6.45) is 1.21. The van der Waals surface area contributed by atoms with Crippen molar-refractivity contribution in [2.75, 3.05) is 0 Å². The average Bonchev–Trinajstić information content (AvgIpc) is 2.73. The van der Waals surface area contributed by atoms with E-state index in [0.29, 0.717) is 27.8 Å². The lowest BCUT2D eigenvalue weighted by molar-refractivity contribution is -0.185. The van der Waals surface area contributed by atoms with Crippen molar-refractivity contribution in [2.45, 2.75) is 59.4 Å². The van der Waals surface area contributed by atoms with Gasteiger partial charge in [-0.25, -0.2) is 14.4 Å². The Bertz CT molecular complexity index is 1150. The van der Waals surface area contributed by atoms with Crippen LogP contribution in [-0.2, 0) is 19.1 Å². The molecule has 0 spiro atoms. The molecule has 2 aromatic rings. The van der Waals surface area contributed by atoms with E-state index in [4.69, 9.17) is 18.6 Å². The highest BCUT2D eigenvalue weighted by molar-refractivity contribution is 5.90. The SMILES string of the molecule is C/C=C(/C)C(=O)O[C@H]1c2c(ccc3ccc(=O)oc23)OC(C)(C)[C@H]1OC(=O)/C(C)=C/C. The van der Waals surface area contributed by atoms with Gasteiger partial charge in [-0.3, -0.25) is 0 Å². The van der Waals surface area contributed by atoms with E-state index in [0.717, 1.165) is 0 Å². The fraction of sp³-hybridized carbons (Fsp3) is 0.375. The maximum atomic E-state index is 12.7. The number of fused-ring (bicyclic) bond motifs is 3. The summed E-state index contributed by atoms with van der Waals surface area (Å²) in [6.45, 7) is 10.2. The zero-order valence-electron chi connectivity index (χ0n) is 18.5. The molecule has 31 heavy (non-hydrogen) atoms. The van der Waals surface area contributed by atoms with Crippen LogP contribution >= 0.6 is 0 Å². The van der Waals surface area contributed by atoms with E-state index in [9.17, 15) is 14.4 Å². The van der Waals surface area contributed by atoms with Crippen molar-refractivity contribution in [3.63, 3.8) is 0 Å². The molecule has 0 saturated carbocycles. The van der Waals surface area contributed by atoms with Gasteiger partial charge >= 0.3 is 17.6 Å². The molecular weight excluding hydrogens is 400 g/mol. The molecule has 0 N–H and O–H groups in total. The van der Waals surface area contributed by atoms with E-state index >= 15 is 0 Å². The molecule has 2 heterocycles. The number of carbonyl (C=O) groups excluding carboxylic acids is 2. The van der Waals surface area contributed by atoms with Crippen LogP contribution in [0.2, 0.25) is 0 Å². The van der Waals surface area contributed by atoms with Crippen LogP contribution in [0.4, 0.5) is 0 Å². The lowest BCUT2D eigenvalue weighted by Crippen LogP contribution is -2.52. The van der Waals surface area contributed by atoms with Crippen molar-refractivity contribution < 1.29 is 28.2 Å². The molecule has 0 fully saturated rings. The summed E-state index contributed by atoms with van der Waals surface area (Å²) < 4.78 is 23.2. The number of carbonyl (C=O) groups is 2. The fourth-order valence-corrected chi connectivity index (χ4v) is 3.33. The average molecular weight is 426 g/mol. The zero-order valence-corrected chi connectivity index (χ0v) is 18.5. The first-order valence-electron chi connectivity index (χ1n) is 10.0. The molecule has 7 heteroatoms. The Morgan fingerprint density at radius 1 is 0.968 bits per heavy atom. The smallest absolute Gasteiger partial charge is 0.336 e. The Morgan fingerprint density at radius 2 is 1.55 bits per heavy atom. The first-order chi connectivity index (χ1) is 14.6. The predicted octanol–water partition coefficient (Wildman–Crippen LogP) is 4.39. The van der Waals surface area contributed by atoms with E-state index in [1.54, 1.807) is 71.9 Å². The lowest BCUT2D eigenvalue weighted by atomic mass is 9.87. The minimum Gasteiger partial charge on any atom is -0.483 e. The summed E-state index contributed by atoms with van der Waals surface area (Å²) in [5.41, 5.74) is -0.224. The number of rotatable bonds is 4. The Hall–Kier alpha value is -3.35. The van der Waals surface area contributed by atoms with Crippen LogP contribution in [0, 0.1) is 0 Å². The normalized spacial score (nSPS) is 20.6. The van der Waals surface area contributed by atoms with Gasteiger partial charge in [-0.1, -0.05) is 12.2 Å². The third-order valence-corrected chi connectivity index (χ3v) is 5.38. The van der Waals surface area contributed by atoms with Crippen molar-refractivity contribution in [3.8, 4) is 5.75 Å². The Balaban J connectivity index is 2.23. The molecule has 0 aliphatic carbocycles. The summed E-state index contributed by atoms with van der Waals surface area (Å²) in [7, 11) is 0. The van der Waals surface area contributed by atoms with Crippen LogP contribution in [0.5, 0.6) is 5.75 Å². The lowest BCUT2D eigenvalue weighted by Gasteiger charge is -2.43. The van der Waals surface area contributed by atoms with E-state index in [1.807, 2.05) is 0 Å². The molecular formula is C24H26O7. The molecule has 1 aromatic carbocycles. The Morgan fingerprint density at radius 3 is 2.16 bits per heavy atom. The van der Waals surface area contributed by atoms with Crippen LogP contribution in [0.1, 0.15) is 53.2 Å². The van der Waals surface area contributed by atoms with Gasteiger partial charge in [-0.2, -0.15) is 0 Å². The number of ether oxygens (including phenoxy) is 3. The quantitative estimate of drug-likeness (QED) is 0.407. The number of benzene rings is 1. The van der Waals surface area contributed by atoms with E-state index in [2.05, 4.69) is 0 Å². The Labute approximate surface area is 180 Å². The van der Waals surface area contributed by atoms with E-state index in [1.165, 1.54) is 6.07 Å². The number of hydrogen-bond donors (Lipinski definition) is 0. The molecule has 0 unspecified atom stereocenters. The molecule has 3 rings (SSSR count). The van der Waals surface area contributed by atoms with Crippen LogP contribution in [0.15, 0.2) is 56.8 Å². The molecule has 164 valence electrons. The van der Waals surface area contributed by atoms with Crippen LogP contribution in [0.25, 0.3) is 11.0 Å². The second-order valence-electron chi connectivity index (χ2n) is 7.95. The third-order valence-electron chi connectivity index (χ3n) is 5.38. The highest BCUT2D eigenvalue weighted by Gasteiger charge is 2.50. The van der Waals surface area contributed by atoms with Gasteiger partial charge in [-0.05, 0) is 59.7 Å².